The zero-order chi connectivity index (χ0) is 17.6. The molecule has 0 saturated carbocycles. The monoisotopic (exact) mass is 347 g/mol. The van der Waals surface area contributed by atoms with Gasteiger partial charge in [-0.25, -0.2) is 0 Å². The number of anilines is 2. The van der Waals surface area contributed by atoms with Crippen molar-refractivity contribution in [3.8, 4) is 0 Å². The molecule has 1 aromatic carbocycles. The van der Waals surface area contributed by atoms with Gasteiger partial charge in [-0.05, 0) is 6.07 Å². The predicted octanol–water partition coefficient (Wildman–Crippen LogP) is 1.23. The fourth-order valence-electron chi connectivity index (χ4n) is 2.78. The predicted molar refractivity (Wildman–Crippen MR) is 91.9 cm³/mol. The Bertz CT molecular complexity index is 714. The lowest BCUT2D eigenvalue weighted by atomic mass is 10.2. The van der Waals surface area contributed by atoms with Crippen LogP contribution in [0.4, 0.5) is 17.1 Å². The first-order chi connectivity index (χ1) is 12.1. The average Bonchev–Trinajstić information content (AvgIpc) is 3.02. The molecule has 9 nitrogen and oxygen atoms in total. The van der Waals surface area contributed by atoms with E-state index in [0.717, 1.165) is 13.1 Å². The Hall–Kier alpha value is -2.49. The summed E-state index contributed by atoms with van der Waals surface area (Å²) >= 11 is 0. The van der Waals surface area contributed by atoms with Crippen LogP contribution in [0.2, 0.25) is 0 Å². The molecular weight excluding hydrogens is 326 g/mol. The van der Waals surface area contributed by atoms with E-state index in [2.05, 4.69) is 15.3 Å². The van der Waals surface area contributed by atoms with Gasteiger partial charge in [-0.3, -0.25) is 19.7 Å². The minimum Gasteiger partial charge on any atom is -0.390 e. The Balaban J connectivity index is 1.58. The number of nitrogens with zero attached hydrogens (tertiary/aromatic N) is 4. The fraction of sp³-hybridized carbons (Fsp3) is 0.438. The maximum Gasteiger partial charge on any atom is 0.292 e. The number of hydrogen-bond acceptors (Lipinski definition) is 7. The van der Waals surface area contributed by atoms with Crippen LogP contribution in [-0.2, 0) is 11.3 Å². The van der Waals surface area contributed by atoms with E-state index in [-0.39, 0.29) is 5.69 Å². The molecule has 1 atom stereocenters. The number of ether oxygens (including phenoxy) is 1. The molecule has 1 aliphatic heterocycles. The summed E-state index contributed by atoms with van der Waals surface area (Å²) in [5.41, 5.74) is 1.04. The highest BCUT2D eigenvalue weighted by Gasteiger charge is 2.16. The SMILES string of the molecule is O=[N+]([O-])c1ccccc1Nc1cnn(C[C@H](O)CN2CCOCC2)c1. The summed E-state index contributed by atoms with van der Waals surface area (Å²) in [5, 5.41) is 28.5. The average molecular weight is 347 g/mol. The van der Waals surface area contributed by atoms with Crippen molar-refractivity contribution in [3.63, 3.8) is 0 Å². The number of β-amino-alcohol motifs (C(OH)–C–C–N with tert-alkyl or cyclic N) is 1. The van der Waals surface area contributed by atoms with Crippen LogP contribution in [0, 0.1) is 10.1 Å². The summed E-state index contributed by atoms with van der Waals surface area (Å²) < 4.78 is 6.92. The van der Waals surface area contributed by atoms with Crippen LogP contribution in [0.15, 0.2) is 36.7 Å². The van der Waals surface area contributed by atoms with Gasteiger partial charge >= 0.3 is 0 Å². The van der Waals surface area contributed by atoms with Crippen molar-refractivity contribution in [2.45, 2.75) is 12.6 Å². The first-order valence-corrected chi connectivity index (χ1v) is 8.13. The van der Waals surface area contributed by atoms with Crippen molar-refractivity contribution in [2.75, 3.05) is 38.2 Å². The first kappa shape index (κ1) is 17.3. The van der Waals surface area contributed by atoms with Gasteiger partial charge in [0, 0.05) is 31.9 Å². The second-order valence-electron chi connectivity index (χ2n) is 5.92. The lowest BCUT2D eigenvalue weighted by molar-refractivity contribution is -0.383. The number of nitrogens with one attached hydrogen (secondary N) is 1. The number of hydrogen-bond donors (Lipinski definition) is 2. The molecule has 0 amide bonds. The molecule has 2 aromatic rings. The van der Waals surface area contributed by atoms with Gasteiger partial charge in [0.05, 0.1) is 42.7 Å². The summed E-state index contributed by atoms with van der Waals surface area (Å²) in [4.78, 5) is 12.8. The quantitative estimate of drug-likeness (QED) is 0.573. The molecule has 0 bridgehead atoms. The first-order valence-electron chi connectivity index (χ1n) is 8.13. The van der Waals surface area contributed by atoms with E-state index in [1.54, 1.807) is 35.3 Å². The summed E-state index contributed by atoms with van der Waals surface area (Å²) in [7, 11) is 0. The third-order valence-electron chi connectivity index (χ3n) is 3.98. The third kappa shape index (κ3) is 4.75. The molecule has 0 spiro atoms. The maximum absolute atomic E-state index is 11.0. The molecule has 1 fully saturated rings. The zero-order valence-corrected chi connectivity index (χ0v) is 13.7. The van der Waals surface area contributed by atoms with E-state index < -0.39 is 11.0 Å². The maximum atomic E-state index is 11.0. The van der Waals surface area contributed by atoms with Crippen molar-refractivity contribution in [1.82, 2.24) is 14.7 Å². The lowest BCUT2D eigenvalue weighted by Crippen LogP contribution is -2.42. The van der Waals surface area contributed by atoms with Gasteiger partial charge in [-0.2, -0.15) is 5.10 Å². The van der Waals surface area contributed by atoms with Gasteiger partial charge in [-0.15, -0.1) is 0 Å². The molecule has 2 N–H and O–H groups in total. The van der Waals surface area contributed by atoms with Crippen molar-refractivity contribution >= 4 is 17.1 Å². The minimum atomic E-state index is -0.545. The Kier molecular flexibility index (Phi) is 5.59. The number of aliphatic hydroxyl groups is 1. The normalized spacial score (nSPS) is 16.5. The van der Waals surface area contributed by atoms with Crippen LogP contribution >= 0.6 is 0 Å². The van der Waals surface area contributed by atoms with Crippen molar-refractivity contribution in [3.05, 3.63) is 46.8 Å². The number of para-hydroxylation sites is 2. The number of aromatic nitrogens is 2. The molecule has 0 radical (unpaired) electrons. The highest BCUT2D eigenvalue weighted by Crippen LogP contribution is 2.26. The standard InChI is InChI=1S/C16H21N5O4/c22-14(11-19-5-7-25-8-6-19)12-20-10-13(9-17-20)18-15-3-1-2-4-16(15)21(23)24/h1-4,9-10,14,18,22H,5-8,11-12H2/t14-/m1/s1. The van der Waals surface area contributed by atoms with Gasteiger partial charge in [0.25, 0.3) is 5.69 Å². The molecule has 0 aliphatic carbocycles. The largest absolute Gasteiger partial charge is 0.390 e. The van der Waals surface area contributed by atoms with Gasteiger partial charge in [0.15, 0.2) is 0 Å². The number of nitro benzene ring substituents is 1. The van der Waals surface area contributed by atoms with E-state index in [9.17, 15) is 15.2 Å². The molecule has 0 unspecified atom stereocenters. The summed E-state index contributed by atoms with van der Waals surface area (Å²) in [5.74, 6) is 0. The van der Waals surface area contributed by atoms with Crippen LogP contribution in [0.5, 0.6) is 0 Å². The fourth-order valence-corrected chi connectivity index (χ4v) is 2.78. The van der Waals surface area contributed by atoms with E-state index in [1.807, 2.05) is 0 Å². The number of benzene rings is 1. The molecule has 2 heterocycles. The highest BCUT2D eigenvalue weighted by molar-refractivity contribution is 5.68. The topological polar surface area (TPSA) is 106 Å². The van der Waals surface area contributed by atoms with Crippen LogP contribution in [0.25, 0.3) is 0 Å². The summed E-state index contributed by atoms with van der Waals surface area (Å²) in [6.45, 7) is 3.95. The second-order valence-corrected chi connectivity index (χ2v) is 5.92. The van der Waals surface area contributed by atoms with Gasteiger partial charge < -0.3 is 15.2 Å². The van der Waals surface area contributed by atoms with Gasteiger partial charge in [-0.1, -0.05) is 12.1 Å². The molecule has 1 saturated heterocycles. The number of morpholine rings is 1. The van der Waals surface area contributed by atoms with Gasteiger partial charge in [0.2, 0.25) is 0 Å². The van der Waals surface area contributed by atoms with Crippen LogP contribution in [0.1, 0.15) is 0 Å². The molecule has 134 valence electrons. The molecule has 9 heteroatoms. The highest BCUT2D eigenvalue weighted by atomic mass is 16.6. The Morgan fingerprint density at radius 2 is 2.08 bits per heavy atom. The molecule has 1 aromatic heterocycles. The minimum absolute atomic E-state index is 0.00241. The Labute approximate surface area is 145 Å². The van der Waals surface area contributed by atoms with E-state index in [4.69, 9.17) is 4.74 Å². The Morgan fingerprint density at radius 1 is 1.32 bits per heavy atom. The molecular formula is C16H21N5O4. The zero-order valence-electron chi connectivity index (χ0n) is 13.7. The molecule has 1 aliphatic rings. The van der Waals surface area contributed by atoms with Gasteiger partial charge in [0.1, 0.15) is 5.69 Å². The van der Waals surface area contributed by atoms with E-state index >= 15 is 0 Å². The Morgan fingerprint density at radius 3 is 2.84 bits per heavy atom. The van der Waals surface area contributed by atoms with E-state index in [1.165, 1.54) is 6.07 Å². The van der Waals surface area contributed by atoms with Crippen molar-refractivity contribution in [2.24, 2.45) is 0 Å². The number of nitro groups is 1. The second kappa shape index (κ2) is 8.06. The summed E-state index contributed by atoms with van der Waals surface area (Å²) in [6, 6.07) is 6.43. The van der Waals surface area contributed by atoms with Crippen molar-refractivity contribution < 1.29 is 14.8 Å². The molecule has 25 heavy (non-hydrogen) atoms. The van der Waals surface area contributed by atoms with Crippen LogP contribution in [0.3, 0.4) is 0 Å². The molecule has 3 rings (SSSR count). The smallest absolute Gasteiger partial charge is 0.292 e. The summed E-state index contributed by atoms with van der Waals surface area (Å²) in [6.07, 6.45) is 2.76. The van der Waals surface area contributed by atoms with E-state index in [0.29, 0.717) is 37.7 Å². The lowest BCUT2D eigenvalue weighted by Gasteiger charge is -2.28. The van der Waals surface area contributed by atoms with Crippen LogP contribution in [-0.4, -0.2) is 63.7 Å². The van der Waals surface area contributed by atoms with Crippen molar-refractivity contribution in [1.29, 1.82) is 0 Å². The van der Waals surface area contributed by atoms with Crippen LogP contribution < -0.4 is 5.32 Å². The third-order valence-corrected chi connectivity index (χ3v) is 3.98. The number of rotatable bonds is 7. The number of aliphatic hydroxyl groups excluding tert-OH is 1.